The number of anilines is 1. The van der Waals surface area contributed by atoms with Crippen LogP contribution in [0.2, 0.25) is 5.02 Å². The van der Waals surface area contributed by atoms with Crippen molar-refractivity contribution in [3.8, 4) is 5.75 Å². The third-order valence-corrected chi connectivity index (χ3v) is 8.02. The molecule has 38 heavy (non-hydrogen) atoms. The highest BCUT2D eigenvalue weighted by Crippen LogP contribution is 2.34. The van der Waals surface area contributed by atoms with Gasteiger partial charge in [0.2, 0.25) is 0 Å². The number of amides is 1. The molecule has 0 bridgehead atoms. The van der Waals surface area contributed by atoms with E-state index in [4.69, 9.17) is 16.3 Å². The smallest absolute Gasteiger partial charge is 0.252 e. The molecule has 8 heteroatoms. The van der Waals surface area contributed by atoms with Crippen molar-refractivity contribution >= 4 is 23.2 Å². The highest BCUT2D eigenvalue weighted by molar-refractivity contribution is 6.31. The molecule has 1 saturated carbocycles. The van der Waals surface area contributed by atoms with Crippen LogP contribution in [0.25, 0.3) is 0 Å². The van der Waals surface area contributed by atoms with Crippen molar-refractivity contribution in [1.82, 2.24) is 19.8 Å². The lowest BCUT2D eigenvalue weighted by Crippen LogP contribution is -2.42. The lowest BCUT2D eigenvalue weighted by atomic mass is 9.89. The first-order valence-electron chi connectivity index (χ1n) is 13.4. The minimum absolute atomic E-state index is 0.141. The van der Waals surface area contributed by atoms with E-state index >= 15 is 0 Å². The summed E-state index contributed by atoms with van der Waals surface area (Å²) in [7, 11) is 5.99. The summed E-state index contributed by atoms with van der Waals surface area (Å²) in [6, 6.07) is 12.8. The summed E-state index contributed by atoms with van der Waals surface area (Å²) in [4.78, 5) is 22.6. The third-order valence-electron chi connectivity index (χ3n) is 7.80. The van der Waals surface area contributed by atoms with E-state index in [0.29, 0.717) is 35.8 Å². The quantitative estimate of drug-likeness (QED) is 0.368. The first kappa shape index (κ1) is 28.0. The number of carbonyl (C=O) groups is 1. The number of nitrogens with zero attached hydrogens (tertiary/aromatic N) is 4. The van der Waals surface area contributed by atoms with E-state index in [1.54, 1.807) is 19.4 Å². The monoisotopic (exact) mass is 537 g/mol. The van der Waals surface area contributed by atoms with Gasteiger partial charge in [0, 0.05) is 53.8 Å². The highest BCUT2D eigenvalue weighted by Gasteiger charge is 2.28. The number of carbonyl (C=O) groups excluding carboxylic acids is 1. The minimum Gasteiger partial charge on any atom is -0.497 e. The van der Waals surface area contributed by atoms with Gasteiger partial charge in [0.05, 0.1) is 13.7 Å². The van der Waals surface area contributed by atoms with Crippen LogP contribution in [0.1, 0.15) is 59.9 Å². The Kier molecular flexibility index (Phi) is 9.34. The van der Waals surface area contributed by atoms with Crippen molar-refractivity contribution in [2.75, 3.05) is 32.6 Å². The molecule has 1 heterocycles. The first-order chi connectivity index (χ1) is 18.3. The number of halogens is 1. The molecule has 1 aliphatic rings. The van der Waals surface area contributed by atoms with Crippen LogP contribution >= 0.6 is 11.6 Å². The number of methoxy groups -OCH3 is 1. The second-order valence-corrected chi connectivity index (χ2v) is 10.7. The SMILES string of the molecule is CCN(c1cc(Cl)cc(C(=O)NCc2nccn2Cc2ccc(OC)cc2)c1C)[C@H]1CC[C@H](N(C)C)CC1. The largest absolute Gasteiger partial charge is 0.497 e. The van der Waals surface area contributed by atoms with Gasteiger partial charge in [0.25, 0.3) is 5.91 Å². The van der Waals surface area contributed by atoms with Crippen LogP contribution < -0.4 is 15.0 Å². The summed E-state index contributed by atoms with van der Waals surface area (Å²) >= 11 is 6.57. The number of hydrogen-bond acceptors (Lipinski definition) is 5. The Balaban J connectivity index is 1.46. The predicted octanol–water partition coefficient (Wildman–Crippen LogP) is 5.53. The van der Waals surface area contributed by atoms with E-state index in [9.17, 15) is 4.79 Å². The molecule has 1 amide bonds. The second kappa shape index (κ2) is 12.7. The van der Waals surface area contributed by atoms with Crippen LogP contribution in [0, 0.1) is 6.92 Å². The fraction of sp³-hybridized carbons (Fsp3) is 0.467. The normalized spacial score (nSPS) is 17.4. The van der Waals surface area contributed by atoms with Crippen LogP contribution in [0.3, 0.4) is 0 Å². The zero-order chi connectivity index (χ0) is 27.2. The summed E-state index contributed by atoms with van der Waals surface area (Å²) in [5, 5.41) is 3.65. The average molecular weight is 538 g/mol. The summed E-state index contributed by atoms with van der Waals surface area (Å²) in [5.41, 5.74) is 3.76. The van der Waals surface area contributed by atoms with Crippen molar-refractivity contribution in [2.45, 2.75) is 64.7 Å². The van der Waals surface area contributed by atoms with Crippen molar-refractivity contribution in [1.29, 1.82) is 0 Å². The molecule has 204 valence electrons. The number of benzene rings is 2. The zero-order valence-electron chi connectivity index (χ0n) is 23.2. The molecule has 0 aliphatic heterocycles. The summed E-state index contributed by atoms with van der Waals surface area (Å²) in [6.45, 7) is 6.08. The lowest BCUT2D eigenvalue weighted by Gasteiger charge is -2.40. The first-order valence-corrected chi connectivity index (χ1v) is 13.8. The molecule has 1 N–H and O–H groups in total. The minimum atomic E-state index is -0.141. The van der Waals surface area contributed by atoms with Gasteiger partial charge in [0.15, 0.2) is 0 Å². The zero-order valence-corrected chi connectivity index (χ0v) is 24.0. The fourth-order valence-corrected chi connectivity index (χ4v) is 5.76. The number of rotatable bonds is 10. The van der Waals surface area contributed by atoms with Crippen LogP contribution in [-0.2, 0) is 13.1 Å². The van der Waals surface area contributed by atoms with E-state index in [2.05, 4.69) is 41.1 Å². The maximum Gasteiger partial charge on any atom is 0.252 e. The number of hydrogen-bond donors (Lipinski definition) is 1. The van der Waals surface area contributed by atoms with Gasteiger partial charge in [-0.3, -0.25) is 4.79 Å². The summed E-state index contributed by atoms with van der Waals surface area (Å²) in [6.07, 6.45) is 8.34. The lowest BCUT2D eigenvalue weighted by molar-refractivity contribution is 0.0949. The van der Waals surface area contributed by atoms with E-state index in [1.165, 1.54) is 12.8 Å². The van der Waals surface area contributed by atoms with E-state index in [-0.39, 0.29) is 5.91 Å². The molecule has 0 radical (unpaired) electrons. The molecule has 0 spiro atoms. The van der Waals surface area contributed by atoms with Crippen LogP contribution in [0.5, 0.6) is 5.75 Å². The average Bonchev–Trinajstić information content (AvgIpc) is 3.36. The van der Waals surface area contributed by atoms with Gasteiger partial charge in [-0.05, 0) is 89.0 Å². The molecule has 1 aliphatic carbocycles. The highest BCUT2D eigenvalue weighted by atomic mass is 35.5. The Labute approximate surface area is 231 Å². The van der Waals surface area contributed by atoms with Gasteiger partial charge in [0.1, 0.15) is 11.6 Å². The molecule has 4 rings (SSSR count). The molecule has 0 unspecified atom stereocenters. The molecule has 2 aromatic carbocycles. The van der Waals surface area contributed by atoms with Crippen molar-refractivity contribution in [2.24, 2.45) is 0 Å². The van der Waals surface area contributed by atoms with Crippen LogP contribution in [-0.4, -0.2) is 60.2 Å². The van der Waals surface area contributed by atoms with Gasteiger partial charge in [-0.1, -0.05) is 23.7 Å². The summed E-state index contributed by atoms with van der Waals surface area (Å²) in [5.74, 6) is 1.48. The van der Waals surface area contributed by atoms with Crippen LogP contribution in [0.4, 0.5) is 5.69 Å². The Hall–Kier alpha value is -3.03. The molecule has 1 fully saturated rings. The number of aromatic nitrogens is 2. The molecule has 3 aromatic rings. The van der Waals surface area contributed by atoms with Crippen molar-refractivity contribution in [3.05, 3.63) is 76.3 Å². The number of nitrogens with one attached hydrogen (secondary N) is 1. The molecule has 7 nitrogen and oxygen atoms in total. The number of imidazole rings is 1. The third kappa shape index (κ3) is 6.51. The fourth-order valence-electron chi connectivity index (χ4n) is 5.54. The van der Waals surface area contributed by atoms with E-state index in [1.807, 2.05) is 48.0 Å². The Morgan fingerprint density at radius 1 is 1.13 bits per heavy atom. The van der Waals surface area contributed by atoms with Crippen LogP contribution in [0.15, 0.2) is 48.8 Å². The topological polar surface area (TPSA) is 62.6 Å². The van der Waals surface area contributed by atoms with Gasteiger partial charge < -0.3 is 24.4 Å². The maximum atomic E-state index is 13.4. The molecular weight excluding hydrogens is 498 g/mol. The van der Waals surface area contributed by atoms with Gasteiger partial charge >= 0.3 is 0 Å². The molecular formula is C30H40ClN5O2. The van der Waals surface area contributed by atoms with E-state index < -0.39 is 0 Å². The van der Waals surface area contributed by atoms with Gasteiger partial charge in [-0.25, -0.2) is 4.98 Å². The predicted molar refractivity (Wildman–Crippen MR) is 154 cm³/mol. The Morgan fingerprint density at radius 2 is 1.82 bits per heavy atom. The molecule has 1 aromatic heterocycles. The Bertz CT molecular complexity index is 1220. The maximum absolute atomic E-state index is 13.4. The Morgan fingerprint density at radius 3 is 2.45 bits per heavy atom. The second-order valence-electron chi connectivity index (χ2n) is 10.3. The number of ether oxygens (including phenoxy) is 1. The van der Waals surface area contributed by atoms with Crippen molar-refractivity contribution in [3.63, 3.8) is 0 Å². The van der Waals surface area contributed by atoms with Crippen molar-refractivity contribution < 1.29 is 9.53 Å². The van der Waals surface area contributed by atoms with E-state index in [0.717, 1.165) is 47.8 Å². The standard InChI is InChI=1S/C30H40ClN5O2/c1-6-36(25-11-9-24(10-12-25)34(3)4)28-18-23(31)17-27(21(28)2)30(37)33-19-29-32-15-16-35(29)20-22-7-13-26(38-5)14-8-22/h7-8,13-18,24-25H,6,9-12,19-20H2,1-5H3,(H,33,37)/t24-,25-. The molecule has 0 atom stereocenters. The molecule has 0 saturated heterocycles. The summed E-state index contributed by atoms with van der Waals surface area (Å²) < 4.78 is 7.29. The van der Waals surface area contributed by atoms with Gasteiger partial charge in [-0.15, -0.1) is 0 Å². The van der Waals surface area contributed by atoms with Gasteiger partial charge in [-0.2, -0.15) is 0 Å².